The Morgan fingerprint density at radius 2 is 1.85 bits per heavy atom. The Morgan fingerprint density at radius 3 is 2.46 bits per heavy atom. The van der Waals surface area contributed by atoms with Crippen molar-refractivity contribution in [3.05, 3.63) is 71.9 Å². The maximum atomic E-state index is 11.5. The number of carboxylic acid groups (broad SMARTS) is 1. The fourth-order valence-electron chi connectivity index (χ4n) is 2.91. The van der Waals surface area contributed by atoms with Gasteiger partial charge in [-0.15, -0.1) is 0 Å². The number of benzene rings is 2. The predicted octanol–water partition coefficient (Wildman–Crippen LogP) is 3.96. The average molecular weight is 349 g/mol. The first kappa shape index (κ1) is 17.9. The maximum Gasteiger partial charge on any atom is 0.311 e. The molecule has 0 amide bonds. The van der Waals surface area contributed by atoms with Crippen LogP contribution in [-0.2, 0) is 4.79 Å². The van der Waals surface area contributed by atoms with E-state index >= 15 is 0 Å². The van der Waals surface area contributed by atoms with Gasteiger partial charge in [0, 0.05) is 17.8 Å². The Hall–Kier alpha value is -2.92. The van der Waals surface area contributed by atoms with Crippen LogP contribution >= 0.6 is 0 Å². The average Bonchev–Trinajstić information content (AvgIpc) is 3.12. The maximum absolute atomic E-state index is 11.5. The second kappa shape index (κ2) is 6.77. The van der Waals surface area contributed by atoms with Gasteiger partial charge in [0.05, 0.1) is 16.8 Å². The molecular weight excluding hydrogens is 326 g/mol. The number of hydrogen-bond acceptors (Lipinski definition) is 3. The van der Waals surface area contributed by atoms with Crippen LogP contribution in [0.1, 0.15) is 31.0 Å². The summed E-state index contributed by atoms with van der Waals surface area (Å²) >= 11 is 0. The molecule has 0 aliphatic heterocycles. The van der Waals surface area contributed by atoms with Crippen molar-refractivity contribution in [1.82, 2.24) is 9.78 Å². The molecule has 26 heavy (non-hydrogen) atoms. The van der Waals surface area contributed by atoms with E-state index in [0.29, 0.717) is 0 Å². The summed E-state index contributed by atoms with van der Waals surface area (Å²) in [6, 6.07) is 17.1. The molecule has 0 spiro atoms. The van der Waals surface area contributed by atoms with Gasteiger partial charge in [-0.25, -0.2) is 4.68 Å². The third-order valence-electron chi connectivity index (χ3n) is 4.84. The lowest BCUT2D eigenvalue weighted by molar-refractivity contribution is -0.148. The highest BCUT2D eigenvalue weighted by molar-refractivity contribution is 5.75. The van der Waals surface area contributed by atoms with Gasteiger partial charge in [-0.3, -0.25) is 4.79 Å². The molecule has 0 aliphatic rings. The van der Waals surface area contributed by atoms with Crippen molar-refractivity contribution in [2.75, 3.05) is 0 Å². The van der Waals surface area contributed by atoms with Gasteiger partial charge in [-0.1, -0.05) is 30.3 Å². The van der Waals surface area contributed by atoms with Crippen molar-refractivity contribution in [2.24, 2.45) is 11.1 Å². The van der Waals surface area contributed by atoms with Crippen LogP contribution in [0.3, 0.4) is 0 Å². The molecule has 0 radical (unpaired) electrons. The molecule has 1 unspecified atom stereocenters. The van der Waals surface area contributed by atoms with Crippen LogP contribution in [-0.4, -0.2) is 20.9 Å². The molecule has 1 atom stereocenters. The molecule has 5 heteroatoms. The third kappa shape index (κ3) is 3.26. The van der Waals surface area contributed by atoms with Crippen LogP contribution < -0.4 is 5.73 Å². The first-order valence-electron chi connectivity index (χ1n) is 8.51. The molecule has 5 nitrogen and oxygen atoms in total. The van der Waals surface area contributed by atoms with Crippen LogP contribution in [0, 0.1) is 12.3 Å². The zero-order chi connectivity index (χ0) is 18.9. The molecule has 1 aromatic heterocycles. The van der Waals surface area contributed by atoms with Gasteiger partial charge in [0.15, 0.2) is 0 Å². The van der Waals surface area contributed by atoms with Crippen LogP contribution in [0.4, 0.5) is 0 Å². The number of aryl methyl sites for hydroxylation is 1. The molecule has 3 rings (SSSR count). The highest BCUT2D eigenvalue weighted by Crippen LogP contribution is 2.34. The molecule has 0 fully saturated rings. The number of carboxylic acids is 1. The molecule has 0 saturated heterocycles. The molecule has 0 bridgehead atoms. The quantitative estimate of drug-likeness (QED) is 0.730. The molecule has 134 valence electrons. The number of aromatic nitrogens is 2. The fourth-order valence-corrected chi connectivity index (χ4v) is 2.91. The lowest BCUT2D eigenvalue weighted by atomic mass is 9.79. The molecule has 3 aromatic rings. The van der Waals surface area contributed by atoms with Crippen LogP contribution in [0.5, 0.6) is 0 Å². The SMILES string of the molecule is Cc1cc(-c2ccn(-c3ccccc3)n2)ccc1C(N)C(C)(C)C(=O)O. The second-order valence-electron chi connectivity index (χ2n) is 7.06. The Labute approximate surface area is 153 Å². The molecule has 1 heterocycles. The minimum atomic E-state index is -1.04. The molecule has 2 aromatic carbocycles. The standard InChI is InChI=1S/C21H23N3O2/c1-14-13-15(9-10-17(14)19(22)21(2,3)20(25)26)18-11-12-24(23-18)16-7-5-4-6-8-16/h4-13,19H,22H2,1-3H3,(H,25,26). The monoisotopic (exact) mass is 349 g/mol. The summed E-state index contributed by atoms with van der Waals surface area (Å²) in [5.41, 5.74) is 9.82. The Bertz CT molecular complexity index is 929. The lowest BCUT2D eigenvalue weighted by Gasteiger charge is -2.28. The van der Waals surface area contributed by atoms with E-state index in [1.54, 1.807) is 13.8 Å². The summed E-state index contributed by atoms with van der Waals surface area (Å²) in [6.45, 7) is 5.24. The van der Waals surface area contributed by atoms with Gasteiger partial charge in [0.2, 0.25) is 0 Å². The van der Waals surface area contributed by atoms with Crippen LogP contribution in [0.2, 0.25) is 0 Å². The molecular formula is C21H23N3O2. The summed E-state index contributed by atoms with van der Waals surface area (Å²) in [4.78, 5) is 11.5. The molecule has 3 N–H and O–H groups in total. The topological polar surface area (TPSA) is 81.1 Å². The van der Waals surface area contributed by atoms with E-state index in [9.17, 15) is 9.90 Å². The zero-order valence-corrected chi connectivity index (χ0v) is 15.2. The zero-order valence-electron chi connectivity index (χ0n) is 15.2. The van der Waals surface area contributed by atoms with Crippen LogP contribution in [0.25, 0.3) is 16.9 Å². The van der Waals surface area contributed by atoms with E-state index in [1.165, 1.54) is 0 Å². The number of hydrogen-bond donors (Lipinski definition) is 2. The number of nitrogens with zero attached hydrogens (tertiary/aromatic N) is 2. The second-order valence-corrected chi connectivity index (χ2v) is 7.06. The predicted molar refractivity (Wildman–Crippen MR) is 102 cm³/mol. The van der Waals surface area contributed by atoms with E-state index < -0.39 is 17.4 Å². The van der Waals surface area contributed by atoms with E-state index in [0.717, 1.165) is 28.1 Å². The number of nitrogens with two attached hydrogens (primary N) is 1. The van der Waals surface area contributed by atoms with Crippen molar-refractivity contribution in [3.63, 3.8) is 0 Å². The Balaban J connectivity index is 1.91. The minimum Gasteiger partial charge on any atom is -0.481 e. The Kier molecular flexibility index (Phi) is 4.66. The van der Waals surface area contributed by atoms with Crippen molar-refractivity contribution >= 4 is 5.97 Å². The minimum absolute atomic E-state index is 0.587. The Morgan fingerprint density at radius 1 is 1.15 bits per heavy atom. The first-order chi connectivity index (χ1) is 12.3. The van der Waals surface area contributed by atoms with Crippen molar-refractivity contribution in [3.8, 4) is 16.9 Å². The van der Waals surface area contributed by atoms with Crippen molar-refractivity contribution in [1.29, 1.82) is 0 Å². The summed E-state index contributed by atoms with van der Waals surface area (Å²) in [7, 11) is 0. The van der Waals surface area contributed by atoms with Gasteiger partial charge in [-0.05, 0) is 56.2 Å². The van der Waals surface area contributed by atoms with Crippen molar-refractivity contribution < 1.29 is 9.90 Å². The summed E-state index contributed by atoms with van der Waals surface area (Å²) in [5.74, 6) is -0.907. The van der Waals surface area contributed by atoms with Gasteiger partial charge in [0.1, 0.15) is 0 Å². The van der Waals surface area contributed by atoms with E-state index in [4.69, 9.17) is 5.73 Å². The molecule has 0 aliphatic carbocycles. The molecule has 0 saturated carbocycles. The number of rotatable bonds is 5. The highest BCUT2D eigenvalue weighted by Gasteiger charge is 2.36. The first-order valence-corrected chi connectivity index (χ1v) is 8.51. The summed E-state index contributed by atoms with van der Waals surface area (Å²) in [6.07, 6.45) is 1.92. The third-order valence-corrected chi connectivity index (χ3v) is 4.84. The largest absolute Gasteiger partial charge is 0.481 e. The lowest BCUT2D eigenvalue weighted by Crippen LogP contribution is -2.36. The fraction of sp³-hybridized carbons (Fsp3) is 0.238. The summed E-state index contributed by atoms with van der Waals surface area (Å²) < 4.78 is 1.83. The number of carbonyl (C=O) groups is 1. The summed E-state index contributed by atoms with van der Waals surface area (Å²) in [5, 5.41) is 14.0. The number of aliphatic carboxylic acids is 1. The smallest absolute Gasteiger partial charge is 0.311 e. The number of para-hydroxylation sites is 1. The van der Waals surface area contributed by atoms with Crippen molar-refractivity contribution in [2.45, 2.75) is 26.8 Å². The highest BCUT2D eigenvalue weighted by atomic mass is 16.4. The van der Waals surface area contributed by atoms with Gasteiger partial charge in [-0.2, -0.15) is 5.10 Å². The van der Waals surface area contributed by atoms with E-state index in [-0.39, 0.29) is 0 Å². The van der Waals surface area contributed by atoms with E-state index in [1.807, 2.05) is 72.4 Å². The van der Waals surface area contributed by atoms with E-state index in [2.05, 4.69) is 5.10 Å². The van der Waals surface area contributed by atoms with Gasteiger partial charge < -0.3 is 10.8 Å². The van der Waals surface area contributed by atoms with Crippen LogP contribution in [0.15, 0.2) is 60.8 Å². The van der Waals surface area contributed by atoms with Gasteiger partial charge >= 0.3 is 5.97 Å². The normalized spacial score (nSPS) is 12.8. The van der Waals surface area contributed by atoms with Gasteiger partial charge in [0.25, 0.3) is 0 Å².